The van der Waals surface area contributed by atoms with Gasteiger partial charge < -0.3 is 10.2 Å². The van der Waals surface area contributed by atoms with Crippen LogP contribution in [0.25, 0.3) is 0 Å². The molecule has 0 aliphatic carbocycles. The Bertz CT molecular complexity index is 718. The fraction of sp³-hybridized carbons (Fsp3) is 0.774. The van der Waals surface area contributed by atoms with E-state index in [2.05, 4.69) is 47.6 Å². The number of unbranched alkanes of at least 4 members (excludes halogenated alkanes) is 12. The van der Waals surface area contributed by atoms with Gasteiger partial charge in [0, 0.05) is 5.56 Å². The Morgan fingerprint density at radius 3 is 1.53 bits per heavy atom. The summed E-state index contributed by atoms with van der Waals surface area (Å²) in [5.74, 6) is -1.09. The highest BCUT2D eigenvalue weighted by atomic mass is 16.4. The van der Waals surface area contributed by atoms with Crippen LogP contribution < -0.4 is 0 Å². The smallest absolute Gasteiger partial charge is 0.339 e. The lowest BCUT2D eigenvalue weighted by atomic mass is 9.73. The monoisotopic (exact) mass is 474 g/mol. The van der Waals surface area contributed by atoms with Gasteiger partial charge >= 0.3 is 5.97 Å². The molecule has 0 aromatic heterocycles. The number of rotatable bonds is 19. The van der Waals surface area contributed by atoms with Gasteiger partial charge in [0.05, 0.1) is 0 Å². The van der Waals surface area contributed by atoms with Crippen LogP contribution in [-0.2, 0) is 10.8 Å². The van der Waals surface area contributed by atoms with Gasteiger partial charge in [0.15, 0.2) is 0 Å². The first-order valence-corrected chi connectivity index (χ1v) is 14.2. The molecule has 3 heteroatoms. The second-order valence-corrected chi connectivity index (χ2v) is 11.7. The zero-order chi connectivity index (χ0) is 25.6. The third-order valence-electron chi connectivity index (χ3n) is 7.66. The Balaban J connectivity index is 2.89. The number of benzene rings is 1. The number of carboxylic acids is 1. The Kier molecular flexibility index (Phi) is 13.9. The van der Waals surface area contributed by atoms with Gasteiger partial charge in [-0.05, 0) is 35.3 Å². The molecule has 2 N–H and O–H groups in total. The van der Waals surface area contributed by atoms with E-state index < -0.39 is 5.97 Å². The SMILES string of the molecule is CCCCCCCCCC(C)(C)c1cc(C(=O)O)c(O)c(C(C)(C)CCCCCCCCC)c1. The number of aromatic carboxylic acids is 1. The van der Waals surface area contributed by atoms with Crippen LogP contribution in [0.3, 0.4) is 0 Å². The quantitative estimate of drug-likeness (QED) is 0.196. The average Bonchev–Trinajstić information content (AvgIpc) is 2.77. The topological polar surface area (TPSA) is 57.5 Å². The van der Waals surface area contributed by atoms with Crippen LogP contribution in [0.4, 0.5) is 0 Å². The second-order valence-electron chi connectivity index (χ2n) is 11.7. The van der Waals surface area contributed by atoms with Gasteiger partial charge in [0.2, 0.25) is 0 Å². The van der Waals surface area contributed by atoms with Gasteiger partial charge in [-0.1, -0.05) is 138 Å². The predicted molar refractivity (Wildman–Crippen MR) is 146 cm³/mol. The largest absolute Gasteiger partial charge is 0.507 e. The molecule has 0 amide bonds. The van der Waals surface area contributed by atoms with Crippen LogP contribution in [0.2, 0.25) is 0 Å². The lowest BCUT2D eigenvalue weighted by molar-refractivity contribution is 0.0693. The van der Waals surface area contributed by atoms with Crippen LogP contribution in [0.15, 0.2) is 12.1 Å². The zero-order valence-electron chi connectivity index (χ0n) is 23.3. The zero-order valence-corrected chi connectivity index (χ0v) is 23.3. The molecule has 1 aromatic carbocycles. The molecule has 3 nitrogen and oxygen atoms in total. The maximum absolute atomic E-state index is 12.0. The van der Waals surface area contributed by atoms with E-state index in [9.17, 15) is 15.0 Å². The molecule has 0 atom stereocenters. The third-order valence-corrected chi connectivity index (χ3v) is 7.66. The first-order valence-electron chi connectivity index (χ1n) is 14.2. The van der Waals surface area contributed by atoms with E-state index in [4.69, 9.17) is 0 Å². The highest BCUT2D eigenvalue weighted by Gasteiger charge is 2.31. The van der Waals surface area contributed by atoms with E-state index in [1.165, 1.54) is 77.0 Å². The van der Waals surface area contributed by atoms with Gasteiger partial charge in [-0.2, -0.15) is 0 Å². The molecule has 0 fully saturated rings. The summed E-state index contributed by atoms with van der Waals surface area (Å²) in [7, 11) is 0. The Labute approximate surface area is 210 Å². The number of phenols is 1. The molecule has 0 unspecified atom stereocenters. The van der Waals surface area contributed by atoms with Crippen LogP contribution >= 0.6 is 0 Å². The van der Waals surface area contributed by atoms with Gasteiger partial charge in [-0.3, -0.25) is 0 Å². The Hall–Kier alpha value is -1.51. The fourth-order valence-corrected chi connectivity index (χ4v) is 5.03. The average molecular weight is 475 g/mol. The normalized spacial score (nSPS) is 12.3. The lowest BCUT2D eigenvalue weighted by Crippen LogP contribution is -2.23. The molecule has 0 saturated carbocycles. The molecule has 1 aromatic rings. The molecule has 196 valence electrons. The van der Waals surface area contributed by atoms with Crippen LogP contribution in [0.1, 0.15) is 166 Å². The summed E-state index contributed by atoms with van der Waals surface area (Å²) < 4.78 is 0. The second kappa shape index (κ2) is 15.5. The molecule has 0 heterocycles. The van der Waals surface area contributed by atoms with E-state index in [-0.39, 0.29) is 22.1 Å². The van der Waals surface area contributed by atoms with Crippen LogP contribution in [0, 0.1) is 0 Å². The number of aromatic hydroxyl groups is 1. The van der Waals surface area contributed by atoms with Crippen LogP contribution in [0.5, 0.6) is 5.75 Å². The molecule has 0 saturated heterocycles. The van der Waals surface area contributed by atoms with Crippen molar-refractivity contribution in [3.05, 3.63) is 28.8 Å². The minimum atomic E-state index is -1.04. The summed E-state index contributed by atoms with van der Waals surface area (Å²) in [5, 5.41) is 20.7. The van der Waals surface area contributed by atoms with Crippen molar-refractivity contribution < 1.29 is 15.0 Å². The van der Waals surface area contributed by atoms with Crippen molar-refractivity contribution in [2.24, 2.45) is 0 Å². The maximum atomic E-state index is 12.0. The summed E-state index contributed by atoms with van der Waals surface area (Å²) in [4.78, 5) is 12.0. The van der Waals surface area contributed by atoms with Crippen molar-refractivity contribution in [2.75, 3.05) is 0 Å². The Morgan fingerprint density at radius 1 is 0.676 bits per heavy atom. The van der Waals surface area contributed by atoms with Gasteiger partial charge in [-0.25, -0.2) is 4.79 Å². The summed E-state index contributed by atoms with van der Waals surface area (Å²) in [6.45, 7) is 13.2. The third kappa shape index (κ3) is 10.4. The van der Waals surface area contributed by atoms with E-state index in [1.54, 1.807) is 6.07 Å². The molecule has 0 spiro atoms. The maximum Gasteiger partial charge on any atom is 0.339 e. The molecule has 0 aliphatic rings. The van der Waals surface area contributed by atoms with Gasteiger partial charge in [0.25, 0.3) is 0 Å². The molecular weight excluding hydrogens is 420 g/mol. The van der Waals surface area contributed by atoms with E-state index in [0.29, 0.717) is 0 Å². The summed E-state index contributed by atoms with van der Waals surface area (Å²) >= 11 is 0. The Morgan fingerprint density at radius 2 is 1.09 bits per heavy atom. The fourth-order valence-electron chi connectivity index (χ4n) is 5.03. The molecule has 34 heavy (non-hydrogen) atoms. The predicted octanol–water partition coefficient (Wildman–Crippen LogP) is 9.93. The van der Waals surface area contributed by atoms with Gasteiger partial charge in [0.1, 0.15) is 11.3 Å². The highest BCUT2D eigenvalue weighted by molar-refractivity contribution is 5.91. The molecule has 0 bridgehead atoms. The first-order chi connectivity index (χ1) is 16.1. The van der Waals surface area contributed by atoms with Crippen molar-refractivity contribution in [3.63, 3.8) is 0 Å². The lowest BCUT2D eigenvalue weighted by Gasteiger charge is -2.31. The summed E-state index contributed by atoms with van der Waals surface area (Å²) in [6, 6.07) is 3.82. The minimum absolute atomic E-state index is 0.0454. The van der Waals surface area contributed by atoms with Crippen molar-refractivity contribution in [1.82, 2.24) is 0 Å². The van der Waals surface area contributed by atoms with E-state index in [0.717, 1.165) is 36.8 Å². The van der Waals surface area contributed by atoms with Gasteiger partial charge in [-0.15, -0.1) is 0 Å². The molecule has 1 rings (SSSR count). The molecule has 0 aliphatic heterocycles. The van der Waals surface area contributed by atoms with Crippen LogP contribution in [-0.4, -0.2) is 16.2 Å². The van der Waals surface area contributed by atoms with Crippen molar-refractivity contribution in [3.8, 4) is 5.75 Å². The molecular formula is C31H54O3. The number of carbonyl (C=O) groups is 1. The van der Waals surface area contributed by atoms with Crippen molar-refractivity contribution in [1.29, 1.82) is 0 Å². The minimum Gasteiger partial charge on any atom is -0.507 e. The van der Waals surface area contributed by atoms with Crippen molar-refractivity contribution >= 4 is 5.97 Å². The molecule has 0 radical (unpaired) electrons. The number of hydrogen-bond acceptors (Lipinski definition) is 2. The standard InChI is InChI=1S/C31H54O3/c1-7-9-11-13-15-17-19-21-30(3,4)25-23-26(29(33)34)28(32)27(24-25)31(5,6)22-20-18-16-14-12-10-8-2/h23-24,32H,7-22H2,1-6H3,(H,33,34). The first kappa shape index (κ1) is 30.5. The number of carboxylic acid groups (broad SMARTS) is 1. The summed E-state index contributed by atoms with van der Waals surface area (Å²) in [6.07, 6.45) is 19.7. The summed E-state index contributed by atoms with van der Waals surface area (Å²) in [5.41, 5.74) is 1.50. The number of hydrogen-bond donors (Lipinski definition) is 2. The van der Waals surface area contributed by atoms with Crippen molar-refractivity contribution in [2.45, 2.75) is 155 Å². The highest BCUT2D eigenvalue weighted by Crippen LogP contribution is 2.41. The van der Waals surface area contributed by atoms with E-state index in [1.807, 2.05) is 0 Å². The van der Waals surface area contributed by atoms with E-state index >= 15 is 0 Å².